The van der Waals surface area contributed by atoms with E-state index in [-0.39, 0.29) is 11.2 Å². The van der Waals surface area contributed by atoms with E-state index in [1.165, 1.54) is 5.57 Å². The van der Waals surface area contributed by atoms with Crippen LogP contribution in [-0.4, -0.2) is 32.4 Å². The smallest absolute Gasteiger partial charge is 0.503 e. The molecule has 0 heterocycles. The third-order valence-corrected chi connectivity index (χ3v) is 3.33. The Bertz CT molecular complexity index is 695. The van der Waals surface area contributed by atoms with Crippen LogP contribution in [0.5, 0.6) is 11.5 Å². The summed E-state index contributed by atoms with van der Waals surface area (Å²) in [7, 11) is 0. The number of carbonyl (C=O) groups excluding carboxylic acids is 1. The molecule has 0 fully saturated rings. The predicted molar refractivity (Wildman–Crippen MR) is 109 cm³/mol. The molecule has 0 unspecified atom stereocenters. The van der Waals surface area contributed by atoms with E-state index in [1.807, 2.05) is 19.1 Å². The molecule has 0 saturated carbocycles. The van der Waals surface area contributed by atoms with Crippen LogP contribution in [0.15, 0.2) is 72.3 Å². The van der Waals surface area contributed by atoms with E-state index in [4.69, 9.17) is 25.2 Å². The Hall–Kier alpha value is -3.28. The van der Waals surface area contributed by atoms with E-state index >= 15 is 0 Å². The SMILES string of the molecule is CC1=CC(=O)CC(C)(C)C1.O=C(O)O.Oc1ccccc1.Oc1ccccc1. The highest BCUT2D eigenvalue weighted by molar-refractivity contribution is 5.91. The van der Waals surface area contributed by atoms with Gasteiger partial charge in [0, 0.05) is 6.42 Å². The number of carboxylic acid groups (broad SMARTS) is 2. The largest absolute Gasteiger partial charge is 0.508 e. The number of hydrogen-bond acceptors (Lipinski definition) is 4. The van der Waals surface area contributed by atoms with E-state index in [9.17, 15) is 4.79 Å². The summed E-state index contributed by atoms with van der Waals surface area (Å²) >= 11 is 0. The summed E-state index contributed by atoms with van der Waals surface area (Å²) < 4.78 is 0. The van der Waals surface area contributed by atoms with Crippen molar-refractivity contribution in [1.82, 2.24) is 0 Å². The van der Waals surface area contributed by atoms with Crippen LogP contribution in [-0.2, 0) is 4.79 Å². The van der Waals surface area contributed by atoms with Crippen molar-refractivity contribution in [2.75, 3.05) is 0 Å². The molecular weight excluding hydrogens is 360 g/mol. The van der Waals surface area contributed by atoms with Gasteiger partial charge in [-0.05, 0) is 49.1 Å². The van der Waals surface area contributed by atoms with Crippen LogP contribution in [0.25, 0.3) is 0 Å². The van der Waals surface area contributed by atoms with E-state index in [1.54, 1.807) is 54.6 Å². The summed E-state index contributed by atoms with van der Waals surface area (Å²) in [5.74, 6) is 0.929. The Morgan fingerprint density at radius 3 is 1.39 bits per heavy atom. The summed E-state index contributed by atoms with van der Waals surface area (Å²) in [4.78, 5) is 19.6. The van der Waals surface area contributed by atoms with Crippen LogP contribution in [0, 0.1) is 5.41 Å². The molecule has 1 aliphatic rings. The first-order chi connectivity index (χ1) is 13.0. The number of phenolic OH excluding ortho intramolecular Hbond substituents is 2. The van der Waals surface area contributed by atoms with Gasteiger partial charge in [0.05, 0.1) is 0 Å². The minimum Gasteiger partial charge on any atom is -0.508 e. The van der Waals surface area contributed by atoms with Crippen LogP contribution in [0.3, 0.4) is 0 Å². The average Bonchev–Trinajstić information content (AvgIpc) is 2.54. The maximum Gasteiger partial charge on any atom is 0.503 e. The average molecular weight is 388 g/mol. The van der Waals surface area contributed by atoms with Crippen molar-refractivity contribution in [2.45, 2.75) is 33.6 Å². The van der Waals surface area contributed by atoms with Crippen molar-refractivity contribution >= 4 is 11.9 Å². The van der Waals surface area contributed by atoms with Crippen LogP contribution < -0.4 is 0 Å². The lowest BCUT2D eigenvalue weighted by Gasteiger charge is -2.27. The molecule has 0 atom stereocenters. The molecule has 1 aliphatic carbocycles. The van der Waals surface area contributed by atoms with Gasteiger partial charge in [-0.3, -0.25) is 4.79 Å². The van der Waals surface area contributed by atoms with Crippen LogP contribution >= 0.6 is 0 Å². The lowest BCUT2D eigenvalue weighted by Crippen LogP contribution is -2.20. The Balaban J connectivity index is 0.000000364. The number of carbonyl (C=O) groups is 2. The van der Waals surface area contributed by atoms with Gasteiger partial charge in [0.2, 0.25) is 0 Å². The minimum absolute atomic E-state index is 0.204. The van der Waals surface area contributed by atoms with Crippen molar-refractivity contribution in [1.29, 1.82) is 0 Å². The van der Waals surface area contributed by atoms with Crippen LogP contribution in [0.1, 0.15) is 33.6 Å². The quantitative estimate of drug-likeness (QED) is 0.485. The summed E-state index contributed by atoms with van der Waals surface area (Å²) in [6.07, 6.45) is 1.72. The lowest BCUT2D eigenvalue weighted by atomic mass is 9.77. The summed E-state index contributed by atoms with van der Waals surface area (Å²) in [5, 5.41) is 31.2. The van der Waals surface area contributed by atoms with Gasteiger partial charge in [0.15, 0.2) is 5.78 Å². The number of aromatic hydroxyl groups is 2. The van der Waals surface area contributed by atoms with Gasteiger partial charge >= 0.3 is 6.16 Å². The molecule has 0 radical (unpaired) electrons. The van der Waals surface area contributed by atoms with E-state index in [2.05, 4.69) is 13.8 Å². The highest BCUT2D eigenvalue weighted by atomic mass is 16.6. The fraction of sp³-hybridized carbons (Fsp3) is 0.273. The number of rotatable bonds is 0. The van der Waals surface area contributed by atoms with Crippen molar-refractivity contribution in [3.63, 3.8) is 0 Å². The molecule has 28 heavy (non-hydrogen) atoms. The first-order valence-electron chi connectivity index (χ1n) is 8.62. The van der Waals surface area contributed by atoms with Gasteiger partial charge in [0.25, 0.3) is 0 Å². The normalized spacial score (nSPS) is 13.8. The molecule has 3 rings (SSSR count). The zero-order chi connectivity index (χ0) is 21.6. The number of allylic oxidation sites excluding steroid dienone is 2. The third kappa shape index (κ3) is 15.0. The van der Waals surface area contributed by atoms with Gasteiger partial charge in [-0.15, -0.1) is 0 Å². The molecule has 0 saturated heterocycles. The summed E-state index contributed by atoms with van der Waals surface area (Å²) in [5.41, 5.74) is 1.43. The molecule has 0 spiro atoms. The maximum atomic E-state index is 11.0. The van der Waals surface area contributed by atoms with Gasteiger partial charge in [-0.25, -0.2) is 4.79 Å². The number of ketones is 1. The highest BCUT2D eigenvalue weighted by Crippen LogP contribution is 2.32. The molecule has 6 nitrogen and oxygen atoms in total. The summed E-state index contributed by atoms with van der Waals surface area (Å²) in [6, 6.07) is 17.4. The highest BCUT2D eigenvalue weighted by Gasteiger charge is 2.25. The van der Waals surface area contributed by atoms with Gasteiger partial charge in [-0.2, -0.15) is 0 Å². The van der Waals surface area contributed by atoms with E-state index in [0.717, 1.165) is 6.42 Å². The van der Waals surface area contributed by atoms with Crippen molar-refractivity contribution in [3.05, 3.63) is 72.3 Å². The first kappa shape index (κ1) is 24.7. The molecule has 6 heteroatoms. The molecule has 0 amide bonds. The van der Waals surface area contributed by atoms with Gasteiger partial charge < -0.3 is 20.4 Å². The van der Waals surface area contributed by atoms with Crippen molar-refractivity contribution in [3.8, 4) is 11.5 Å². The molecule has 2 aromatic carbocycles. The fourth-order valence-corrected chi connectivity index (χ4v) is 2.52. The second-order valence-electron chi connectivity index (χ2n) is 6.93. The van der Waals surface area contributed by atoms with Crippen LogP contribution in [0.4, 0.5) is 4.79 Å². The number of phenols is 2. The first-order valence-corrected chi connectivity index (χ1v) is 8.62. The zero-order valence-electron chi connectivity index (χ0n) is 16.4. The second kappa shape index (κ2) is 13.0. The van der Waals surface area contributed by atoms with Crippen molar-refractivity contribution < 1.29 is 30.0 Å². The number of benzene rings is 2. The van der Waals surface area contributed by atoms with Crippen molar-refractivity contribution in [2.24, 2.45) is 5.41 Å². The van der Waals surface area contributed by atoms with Gasteiger partial charge in [-0.1, -0.05) is 55.8 Å². The van der Waals surface area contributed by atoms with Crippen LogP contribution in [0.2, 0.25) is 0 Å². The maximum absolute atomic E-state index is 11.0. The Morgan fingerprint density at radius 2 is 1.18 bits per heavy atom. The molecule has 0 aromatic heterocycles. The molecular formula is C22H28O6. The molecule has 0 bridgehead atoms. The minimum atomic E-state index is -1.83. The Labute approximate surface area is 165 Å². The molecule has 0 aliphatic heterocycles. The van der Waals surface area contributed by atoms with E-state index < -0.39 is 6.16 Å². The fourth-order valence-electron chi connectivity index (χ4n) is 2.52. The number of hydrogen-bond donors (Lipinski definition) is 4. The van der Waals surface area contributed by atoms with Gasteiger partial charge in [0.1, 0.15) is 11.5 Å². The molecule has 2 aromatic rings. The topological polar surface area (TPSA) is 115 Å². The standard InChI is InChI=1S/C9H14O.2C6H6O.CH2O3/c1-7-4-8(10)6-9(2,3)5-7;2*7-6-4-2-1-3-5-6;2-1(3)4/h4H,5-6H2,1-3H3;2*1-5,7H;(H2,2,3,4). The second-order valence-corrected chi connectivity index (χ2v) is 6.93. The predicted octanol–water partition coefficient (Wildman–Crippen LogP) is 5.33. The Kier molecular flexibility index (Phi) is 11.5. The zero-order valence-corrected chi connectivity index (χ0v) is 16.4. The van der Waals surface area contributed by atoms with E-state index in [0.29, 0.717) is 17.9 Å². The lowest BCUT2D eigenvalue weighted by molar-refractivity contribution is -0.117. The third-order valence-electron chi connectivity index (χ3n) is 3.33. The summed E-state index contributed by atoms with van der Waals surface area (Å²) in [6.45, 7) is 6.31. The number of para-hydroxylation sites is 2. The monoisotopic (exact) mass is 388 g/mol. The molecule has 4 N–H and O–H groups in total. The Morgan fingerprint density at radius 1 is 0.821 bits per heavy atom. The molecule has 152 valence electrons.